The number of rotatable bonds is 5. The average Bonchev–Trinajstić information content (AvgIpc) is 3.24. The Morgan fingerprint density at radius 1 is 1.17 bits per heavy atom. The van der Waals surface area contributed by atoms with Crippen LogP contribution in [0.5, 0.6) is 11.5 Å². The molecule has 154 valence electrons. The van der Waals surface area contributed by atoms with E-state index in [0.29, 0.717) is 31.5 Å². The van der Waals surface area contributed by atoms with Crippen LogP contribution in [-0.2, 0) is 0 Å². The van der Waals surface area contributed by atoms with Crippen molar-refractivity contribution < 1.29 is 14.3 Å². The van der Waals surface area contributed by atoms with Crippen molar-refractivity contribution in [2.45, 2.75) is 32.4 Å². The van der Waals surface area contributed by atoms with Crippen LogP contribution in [0.1, 0.15) is 31.9 Å². The summed E-state index contributed by atoms with van der Waals surface area (Å²) in [5.74, 6) is 1.41. The number of nitrogens with one attached hydrogen (secondary N) is 1. The molecule has 0 radical (unpaired) electrons. The predicted octanol–water partition coefficient (Wildman–Crippen LogP) is 4.15. The highest BCUT2D eigenvalue weighted by Crippen LogP contribution is 2.33. The molecular weight excluding hydrogens is 366 g/mol. The number of likely N-dealkylation sites (tertiary alicyclic amines) is 1. The molecule has 2 aromatic rings. The Morgan fingerprint density at radius 2 is 1.93 bits per heavy atom. The first kappa shape index (κ1) is 19.6. The van der Waals surface area contributed by atoms with Crippen LogP contribution in [0.4, 0.5) is 10.5 Å². The van der Waals surface area contributed by atoms with E-state index in [9.17, 15) is 4.79 Å². The third kappa shape index (κ3) is 4.32. The molecule has 2 aliphatic rings. The lowest BCUT2D eigenvalue weighted by Gasteiger charge is -2.30. The molecule has 0 aromatic heterocycles. The molecule has 2 aliphatic heterocycles. The van der Waals surface area contributed by atoms with Gasteiger partial charge in [-0.2, -0.15) is 0 Å². The number of fused-ring (bicyclic) bond motifs is 1. The zero-order chi connectivity index (χ0) is 20.2. The maximum atomic E-state index is 13.0. The van der Waals surface area contributed by atoms with Crippen LogP contribution in [0.15, 0.2) is 48.5 Å². The van der Waals surface area contributed by atoms with E-state index >= 15 is 0 Å². The first-order valence-electron chi connectivity index (χ1n) is 10.4. The second kappa shape index (κ2) is 8.74. The number of hydrogen-bond acceptors (Lipinski definition) is 4. The van der Waals surface area contributed by atoms with Gasteiger partial charge in [0.05, 0.1) is 0 Å². The number of ether oxygens (including phenoxy) is 2. The van der Waals surface area contributed by atoms with Crippen molar-refractivity contribution >= 4 is 11.7 Å². The van der Waals surface area contributed by atoms with Crippen LogP contribution in [-0.4, -0.2) is 54.7 Å². The summed E-state index contributed by atoms with van der Waals surface area (Å²) in [5, 5.41) is 3.03. The van der Waals surface area contributed by atoms with E-state index in [1.807, 2.05) is 36.1 Å². The van der Waals surface area contributed by atoms with E-state index in [1.165, 1.54) is 5.56 Å². The fraction of sp³-hybridized carbons (Fsp3) is 0.435. The number of carbonyl (C=O) groups excluding carboxylic acids is 1. The van der Waals surface area contributed by atoms with Crippen molar-refractivity contribution in [3.05, 3.63) is 54.1 Å². The van der Waals surface area contributed by atoms with Crippen molar-refractivity contribution in [3.63, 3.8) is 0 Å². The molecule has 4 rings (SSSR count). The summed E-state index contributed by atoms with van der Waals surface area (Å²) in [6.07, 6.45) is 0.986. The molecule has 1 N–H and O–H groups in total. The van der Waals surface area contributed by atoms with Gasteiger partial charge in [-0.15, -0.1) is 0 Å². The molecule has 2 atom stereocenters. The summed E-state index contributed by atoms with van der Waals surface area (Å²) in [6.45, 7) is 7.92. The lowest BCUT2D eigenvalue weighted by Crippen LogP contribution is -2.44. The zero-order valence-corrected chi connectivity index (χ0v) is 17.1. The summed E-state index contributed by atoms with van der Waals surface area (Å²) < 4.78 is 11.2. The highest BCUT2D eigenvalue weighted by atomic mass is 16.6. The molecule has 2 amide bonds. The quantitative estimate of drug-likeness (QED) is 0.826. The van der Waals surface area contributed by atoms with Crippen molar-refractivity contribution in [2.75, 3.05) is 38.2 Å². The second-order valence-corrected chi connectivity index (χ2v) is 7.60. The molecule has 2 aromatic carbocycles. The van der Waals surface area contributed by atoms with Crippen molar-refractivity contribution in [1.29, 1.82) is 0 Å². The Bertz CT molecular complexity index is 843. The number of anilines is 1. The van der Waals surface area contributed by atoms with Gasteiger partial charge in [-0.05, 0) is 38.0 Å². The maximum Gasteiger partial charge on any atom is 0.322 e. The molecule has 2 unspecified atom stereocenters. The number of amides is 2. The fourth-order valence-electron chi connectivity index (χ4n) is 4.20. The summed E-state index contributed by atoms with van der Waals surface area (Å²) >= 11 is 0. The monoisotopic (exact) mass is 395 g/mol. The van der Waals surface area contributed by atoms with E-state index in [-0.39, 0.29) is 12.1 Å². The standard InChI is InChI=1S/C23H29N3O3/c1-3-26(20-11-12-25(16-20)17(2)18-7-5-4-6-8-18)23(27)24-19-9-10-21-22(15-19)29-14-13-28-21/h4-10,15,17,20H,3,11-14,16H2,1-2H3,(H,24,27). The number of hydrogen-bond donors (Lipinski definition) is 1. The molecule has 0 spiro atoms. The van der Waals surface area contributed by atoms with Crippen LogP contribution in [0.3, 0.4) is 0 Å². The molecule has 6 nitrogen and oxygen atoms in total. The van der Waals surface area contributed by atoms with Crippen LogP contribution in [0, 0.1) is 0 Å². The smallest absolute Gasteiger partial charge is 0.322 e. The van der Waals surface area contributed by atoms with Crippen molar-refractivity contribution in [3.8, 4) is 11.5 Å². The number of nitrogens with zero attached hydrogens (tertiary/aromatic N) is 2. The lowest BCUT2D eigenvalue weighted by molar-refractivity contribution is 0.171. The van der Waals surface area contributed by atoms with E-state index in [4.69, 9.17) is 9.47 Å². The lowest BCUT2D eigenvalue weighted by atomic mass is 10.1. The van der Waals surface area contributed by atoms with Gasteiger partial charge in [0, 0.05) is 43.5 Å². The first-order valence-corrected chi connectivity index (χ1v) is 10.4. The van der Waals surface area contributed by atoms with Gasteiger partial charge < -0.3 is 19.7 Å². The van der Waals surface area contributed by atoms with E-state index in [1.54, 1.807) is 0 Å². The van der Waals surface area contributed by atoms with Gasteiger partial charge in [0.15, 0.2) is 11.5 Å². The topological polar surface area (TPSA) is 54.0 Å². The number of likely N-dealkylation sites (N-methyl/N-ethyl adjacent to an activating group) is 1. The minimum Gasteiger partial charge on any atom is -0.486 e. The molecular formula is C23H29N3O3. The largest absolute Gasteiger partial charge is 0.486 e. The summed E-state index contributed by atoms with van der Waals surface area (Å²) in [4.78, 5) is 17.4. The van der Waals surface area contributed by atoms with Crippen LogP contribution >= 0.6 is 0 Å². The van der Waals surface area contributed by atoms with Gasteiger partial charge in [0.2, 0.25) is 0 Å². The number of urea groups is 1. The molecule has 2 heterocycles. The van der Waals surface area contributed by atoms with Crippen LogP contribution in [0.2, 0.25) is 0 Å². The predicted molar refractivity (Wildman–Crippen MR) is 114 cm³/mol. The Kier molecular flexibility index (Phi) is 5.90. The van der Waals surface area contributed by atoms with Crippen LogP contribution in [0.25, 0.3) is 0 Å². The van der Waals surface area contributed by atoms with Crippen LogP contribution < -0.4 is 14.8 Å². The Labute approximate surface area is 172 Å². The maximum absolute atomic E-state index is 13.0. The zero-order valence-electron chi connectivity index (χ0n) is 17.1. The molecule has 1 saturated heterocycles. The fourth-order valence-corrected chi connectivity index (χ4v) is 4.20. The van der Waals surface area contributed by atoms with E-state index < -0.39 is 0 Å². The Balaban J connectivity index is 1.39. The highest BCUT2D eigenvalue weighted by molar-refractivity contribution is 5.90. The van der Waals surface area contributed by atoms with Gasteiger partial charge in [-0.1, -0.05) is 30.3 Å². The highest BCUT2D eigenvalue weighted by Gasteiger charge is 2.32. The average molecular weight is 396 g/mol. The molecule has 1 fully saturated rings. The molecule has 0 aliphatic carbocycles. The normalized spacial score (nSPS) is 19.6. The van der Waals surface area contributed by atoms with Gasteiger partial charge in [-0.25, -0.2) is 4.79 Å². The minimum atomic E-state index is -0.0663. The molecule has 29 heavy (non-hydrogen) atoms. The van der Waals surface area contributed by atoms with Gasteiger partial charge in [-0.3, -0.25) is 4.90 Å². The third-order valence-corrected chi connectivity index (χ3v) is 5.86. The summed E-state index contributed by atoms with van der Waals surface area (Å²) in [5.41, 5.74) is 2.04. The SMILES string of the molecule is CCN(C(=O)Nc1ccc2c(c1)OCCO2)C1CCN(C(C)c2ccccc2)C1. The van der Waals surface area contributed by atoms with Gasteiger partial charge in [0.25, 0.3) is 0 Å². The Hall–Kier alpha value is -2.73. The molecule has 0 bridgehead atoms. The summed E-state index contributed by atoms with van der Waals surface area (Å²) in [7, 11) is 0. The van der Waals surface area contributed by atoms with Gasteiger partial charge in [0.1, 0.15) is 13.2 Å². The number of benzene rings is 2. The molecule has 6 heteroatoms. The first-order chi connectivity index (χ1) is 14.2. The van der Waals surface area contributed by atoms with E-state index in [2.05, 4.69) is 41.4 Å². The minimum absolute atomic E-state index is 0.0663. The second-order valence-electron chi connectivity index (χ2n) is 7.60. The summed E-state index contributed by atoms with van der Waals surface area (Å²) in [6, 6.07) is 16.6. The number of carbonyl (C=O) groups is 1. The van der Waals surface area contributed by atoms with Crippen molar-refractivity contribution in [1.82, 2.24) is 9.80 Å². The molecule has 0 saturated carbocycles. The van der Waals surface area contributed by atoms with E-state index in [0.717, 1.165) is 30.9 Å². The third-order valence-electron chi connectivity index (χ3n) is 5.86. The van der Waals surface area contributed by atoms with Gasteiger partial charge >= 0.3 is 6.03 Å². The Morgan fingerprint density at radius 3 is 2.69 bits per heavy atom. The van der Waals surface area contributed by atoms with Crippen molar-refractivity contribution in [2.24, 2.45) is 0 Å².